The van der Waals surface area contributed by atoms with Gasteiger partial charge in [-0.2, -0.15) is 0 Å². The van der Waals surface area contributed by atoms with Gasteiger partial charge in [0.2, 0.25) is 10.0 Å². The summed E-state index contributed by atoms with van der Waals surface area (Å²) < 4.78 is 49.9. The summed E-state index contributed by atoms with van der Waals surface area (Å²) in [5, 5.41) is -0.0317. The monoisotopic (exact) mass is 808 g/mol. The van der Waals surface area contributed by atoms with Crippen molar-refractivity contribution < 1.29 is 27.4 Å². The van der Waals surface area contributed by atoms with Crippen LogP contribution in [0.4, 0.5) is 5.69 Å². The molecule has 0 unspecified atom stereocenters. The quantitative estimate of drug-likeness (QED) is 0.261. The summed E-state index contributed by atoms with van der Waals surface area (Å²) in [5.74, 6) is 0.476. The molecular weight excluding hydrogens is 748 g/mol. The molecule has 56 heavy (non-hydrogen) atoms. The summed E-state index contributed by atoms with van der Waals surface area (Å²) in [6.07, 6.45) is 12.2. The molecule has 2 aromatic carbocycles. The average Bonchev–Trinajstić information content (AvgIpc) is 3.32. The fraction of sp³-hybridized carbons (Fsp3) is 0.659. The number of fused-ring (bicyclic) bond motifs is 5. The number of benzene rings is 2. The normalized spacial score (nSPS) is 34.2. The SMILES string of the molecule is CCCCO[C@]1(CN2CCN3CCOC[C@@H]3C2)/C=C\C[C@H](C)[C@@H](C)S(=O)(=O)NC(=O)c2ccc3c(c2)N(C[C@@H]2CC[C@H]21)C[C@@]1(CCCc2cc(Cl)ccc21)CO3. The van der Waals surface area contributed by atoms with Crippen LogP contribution in [0.15, 0.2) is 48.6 Å². The van der Waals surface area contributed by atoms with E-state index < -0.39 is 26.8 Å². The summed E-state index contributed by atoms with van der Waals surface area (Å²) in [4.78, 5) is 21.4. The summed E-state index contributed by atoms with van der Waals surface area (Å²) in [6.45, 7) is 14.9. The molecule has 2 bridgehead atoms. The minimum absolute atomic E-state index is 0.224. The number of hydrogen-bond donors (Lipinski definition) is 1. The van der Waals surface area contributed by atoms with Crippen LogP contribution in [0.2, 0.25) is 5.02 Å². The minimum atomic E-state index is -3.97. The standard InChI is InChI=1S/C44H61ClN4O6S/c1-4-5-21-55-44(29-47-18-19-48-20-22-53-27-37(48)26-47)17-6-8-31(2)32(3)56(51,52)46-42(50)34-11-15-41-40(24-34)49(25-35-10-13-39(35)44)28-43(30-54-41)16-7-9-33-23-36(45)12-14-38(33)43/h6,11-12,14-15,17,23-24,31-32,35,37,39H,4-5,7-10,13,16,18-22,25-30H2,1-3H3,(H,46,50)/b17-6-/t31-,32+,35-,37-,39+,43-,44-/m0/s1. The van der Waals surface area contributed by atoms with E-state index in [2.05, 4.69) is 50.6 Å². The molecule has 4 aliphatic heterocycles. The zero-order valence-electron chi connectivity index (χ0n) is 33.5. The van der Waals surface area contributed by atoms with Crippen molar-refractivity contribution in [2.45, 2.75) is 94.4 Å². The smallest absolute Gasteiger partial charge is 0.264 e. The lowest BCUT2D eigenvalue weighted by Crippen LogP contribution is -2.63. The summed E-state index contributed by atoms with van der Waals surface area (Å²) in [5.41, 5.74) is 2.91. The number of carbonyl (C=O) groups is 1. The Morgan fingerprint density at radius 2 is 1.95 bits per heavy atom. The van der Waals surface area contributed by atoms with Crippen molar-refractivity contribution in [3.63, 3.8) is 0 Å². The molecule has 6 aliphatic rings. The van der Waals surface area contributed by atoms with Crippen molar-refractivity contribution >= 4 is 33.2 Å². The molecule has 2 saturated heterocycles. The number of carbonyl (C=O) groups excluding carboxylic acids is 1. The molecule has 3 fully saturated rings. The van der Waals surface area contributed by atoms with Crippen LogP contribution in [-0.2, 0) is 31.3 Å². The summed E-state index contributed by atoms with van der Waals surface area (Å²) in [6, 6.07) is 12.1. The second-order valence-electron chi connectivity index (χ2n) is 17.7. The van der Waals surface area contributed by atoms with Crippen LogP contribution in [0.25, 0.3) is 0 Å². The van der Waals surface area contributed by atoms with Crippen LogP contribution in [0, 0.1) is 17.8 Å². The van der Waals surface area contributed by atoms with Gasteiger partial charge < -0.3 is 19.1 Å². The molecule has 8 rings (SSSR count). The van der Waals surface area contributed by atoms with Gasteiger partial charge in [0.15, 0.2) is 0 Å². The molecule has 12 heteroatoms. The Morgan fingerprint density at radius 1 is 1.07 bits per heavy atom. The van der Waals surface area contributed by atoms with E-state index in [-0.39, 0.29) is 17.3 Å². The zero-order valence-corrected chi connectivity index (χ0v) is 35.1. The van der Waals surface area contributed by atoms with E-state index in [1.807, 2.05) is 25.1 Å². The molecule has 10 nitrogen and oxygen atoms in total. The third kappa shape index (κ3) is 8.02. The van der Waals surface area contributed by atoms with Crippen molar-refractivity contribution in [3.8, 4) is 5.75 Å². The predicted octanol–water partition coefficient (Wildman–Crippen LogP) is 6.46. The number of ether oxygens (including phenoxy) is 3. The van der Waals surface area contributed by atoms with Crippen LogP contribution in [0.5, 0.6) is 5.75 Å². The van der Waals surface area contributed by atoms with Gasteiger partial charge in [-0.05, 0) is 111 Å². The number of allylic oxidation sites excluding steroid dienone is 1. The highest BCUT2D eigenvalue weighted by atomic mass is 35.5. The Bertz CT molecular complexity index is 1890. The van der Waals surface area contributed by atoms with E-state index in [9.17, 15) is 13.2 Å². The first-order valence-electron chi connectivity index (χ1n) is 21.2. The molecule has 2 aromatic rings. The van der Waals surface area contributed by atoms with Crippen molar-refractivity contribution in [2.75, 3.05) is 77.1 Å². The lowest BCUT2D eigenvalue weighted by Gasteiger charge is -2.53. The van der Waals surface area contributed by atoms with E-state index >= 15 is 0 Å². The zero-order chi connectivity index (χ0) is 39.1. The first-order chi connectivity index (χ1) is 27.0. The molecule has 1 saturated carbocycles. The van der Waals surface area contributed by atoms with Gasteiger partial charge in [-0.15, -0.1) is 0 Å². The highest BCUT2D eigenvalue weighted by molar-refractivity contribution is 7.90. The molecule has 7 atom stereocenters. The van der Waals surface area contributed by atoms with Gasteiger partial charge >= 0.3 is 0 Å². The number of unbranched alkanes of at least 4 members (excludes halogenated alkanes) is 1. The summed E-state index contributed by atoms with van der Waals surface area (Å²) >= 11 is 6.54. The van der Waals surface area contributed by atoms with Gasteiger partial charge in [0.25, 0.3) is 5.91 Å². The van der Waals surface area contributed by atoms with Crippen LogP contribution >= 0.6 is 11.6 Å². The van der Waals surface area contributed by atoms with Crippen molar-refractivity contribution in [1.82, 2.24) is 14.5 Å². The fourth-order valence-corrected chi connectivity index (χ4v) is 11.9. The topological polar surface area (TPSA) is 101 Å². The Labute approximate surface area is 339 Å². The largest absolute Gasteiger partial charge is 0.490 e. The Kier molecular flexibility index (Phi) is 11.8. The van der Waals surface area contributed by atoms with Crippen LogP contribution < -0.4 is 14.4 Å². The number of anilines is 1. The number of halogens is 1. The number of aryl methyl sites for hydroxylation is 1. The highest BCUT2D eigenvalue weighted by Crippen LogP contribution is 2.49. The van der Waals surface area contributed by atoms with Crippen LogP contribution in [0.3, 0.4) is 0 Å². The van der Waals surface area contributed by atoms with Crippen molar-refractivity contribution in [3.05, 3.63) is 70.3 Å². The maximum absolute atomic E-state index is 13.7. The van der Waals surface area contributed by atoms with Gasteiger partial charge in [0.05, 0.1) is 30.8 Å². The maximum atomic E-state index is 13.7. The lowest BCUT2D eigenvalue weighted by molar-refractivity contribution is -0.125. The molecule has 1 amide bonds. The average molecular weight is 810 g/mol. The van der Waals surface area contributed by atoms with Gasteiger partial charge in [-0.25, -0.2) is 13.1 Å². The second-order valence-corrected chi connectivity index (χ2v) is 20.2. The summed E-state index contributed by atoms with van der Waals surface area (Å²) in [7, 11) is -3.97. The lowest BCUT2D eigenvalue weighted by atomic mass is 9.63. The first-order valence-corrected chi connectivity index (χ1v) is 23.1. The predicted molar refractivity (Wildman–Crippen MR) is 221 cm³/mol. The van der Waals surface area contributed by atoms with Crippen LogP contribution in [0.1, 0.15) is 87.2 Å². The molecule has 0 aromatic heterocycles. The van der Waals surface area contributed by atoms with Gasteiger partial charge in [-0.3, -0.25) is 14.6 Å². The molecular formula is C44H61ClN4O6S. The van der Waals surface area contributed by atoms with Gasteiger partial charge in [0.1, 0.15) is 11.4 Å². The second kappa shape index (κ2) is 16.5. The fourth-order valence-electron chi connectivity index (χ4n) is 10.4. The highest BCUT2D eigenvalue weighted by Gasteiger charge is 2.51. The van der Waals surface area contributed by atoms with Crippen molar-refractivity contribution in [1.29, 1.82) is 0 Å². The molecule has 0 radical (unpaired) electrons. The number of morpholine rings is 1. The van der Waals surface area contributed by atoms with E-state index in [1.165, 1.54) is 11.1 Å². The Hall–Kier alpha value is -2.67. The molecule has 2 aliphatic carbocycles. The number of piperazine rings is 1. The van der Waals surface area contributed by atoms with E-state index in [0.29, 0.717) is 37.2 Å². The number of amides is 1. The van der Waals surface area contributed by atoms with Gasteiger partial charge in [0, 0.05) is 74.5 Å². The molecule has 1 N–H and O–H groups in total. The number of hydrogen-bond acceptors (Lipinski definition) is 9. The Morgan fingerprint density at radius 3 is 2.77 bits per heavy atom. The van der Waals surface area contributed by atoms with E-state index in [4.69, 9.17) is 25.8 Å². The number of rotatable bonds is 6. The van der Waals surface area contributed by atoms with Crippen LogP contribution in [-0.4, -0.2) is 113 Å². The molecule has 4 heterocycles. The third-order valence-electron chi connectivity index (χ3n) is 14.1. The van der Waals surface area contributed by atoms with Crippen molar-refractivity contribution in [2.24, 2.45) is 17.8 Å². The Balaban J connectivity index is 1.20. The van der Waals surface area contributed by atoms with Gasteiger partial charge in [-0.1, -0.05) is 50.1 Å². The molecule has 306 valence electrons. The van der Waals surface area contributed by atoms with E-state index in [1.54, 1.807) is 13.0 Å². The maximum Gasteiger partial charge on any atom is 0.264 e. The first kappa shape index (κ1) is 40.1. The number of nitrogens with zero attached hydrogens (tertiary/aromatic N) is 3. The van der Waals surface area contributed by atoms with E-state index in [0.717, 1.165) is 120 Å². The number of nitrogens with one attached hydrogen (secondary N) is 1. The molecule has 1 spiro atoms. The minimum Gasteiger partial charge on any atom is -0.490 e. The number of sulfonamides is 1. The third-order valence-corrected chi connectivity index (χ3v) is 16.2.